The molecule has 0 bridgehead atoms. The molecule has 18 heavy (non-hydrogen) atoms. The molecule has 0 amide bonds. The molecule has 0 unspecified atom stereocenters. The van der Waals surface area contributed by atoms with E-state index < -0.39 is 0 Å². The quantitative estimate of drug-likeness (QED) is 0.838. The minimum atomic E-state index is 0.148. The molecule has 0 spiro atoms. The highest BCUT2D eigenvalue weighted by atomic mass is 79.9. The van der Waals surface area contributed by atoms with Crippen molar-refractivity contribution in [2.24, 2.45) is 0 Å². The first-order chi connectivity index (χ1) is 8.45. The van der Waals surface area contributed by atoms with Gasteiger partial charge in [0, 0.05) is 12.1 Å². The molecule has 0 radical (unpaired) electrons. The van der Waals surface area contributed by atoms with Crippen LogP contribution in [0.1, 0.15) is 39.2 Å². The topological polar surface area (TPSA) is 41.5 Å². The number of hydrogen-bond donors (Lipinski definition) is 2. The average molecular weight is 316 g/mol. The highest BCUT2D eigenvalue weighted by Crippen LogP contribution is 2.35. The number of phenols is 1. The summed E-state index contributed by atoms with van der Waals surface area (Å²) >= 11 is 3.33. The van der Waals surface area contributed by atoms with Crippen LogP contribution in [0.2, 0.25) is 0 Å². The van der Waals surface area contributed by atoms with E-state index in [1.165, 1.54) is 0 Å². The van der Waals surface area contributed by atoms with E-state index in [0.29, 0.717) is 10.2 Å². The maximum Gasteiger partial charge on any atom is 0.172 e. The van der Waals surface area contributed by atoms with E-state index in [1.54, 1.807) is 7.11 Å². The van der Waals surface area contributed by atoms with E-state index in [4.69, 9.17) is 4.74 Å². The Morgan fingerprint density at radius 2 is 1.94 bits per heavy atom. The molecule has 1 rings (SSSR count). The van der Waals surface area contributed by atoms with Gasteiger partial charge in [-0.15, -0.1) is 0 Å². The summed E-state index contributed by atoms with van der Waals surface area (Å²) in [5.41, 5.74) is 1.24. The molecule has 2 N–H and O–H groups in total. The van der Waals surface area contributed by atoms with Gasteiger partial charge in [0.1, 0.15) is 0 Å². The highest BCUT2D eigenvalue weighted by molar-refractivity contribution is 9.10. The lowest BCUT2D eigenvalue weighted by Crippen LogP contribution is -2.40. The zero-order valence-corrected chi connectivity index (χ0v) is 13.1. The van der Waals surface area contributed by atoms with Crippen molar-refractivity contribution in [3.63, 3.8) is 0 Å². The van der Waals surface area contributed by atoms with E-state index in [2.05, 4.69) is 42.0 Å². The zero-order valence-electron chi connectivity index (χ0n) is 11.5. The van der Waals surface area contributed by atoms with Crippen molar-refractivity contribution < 1.29 is 9.84 Å². The fourth-order valence-corrected chi connectivity index (χ4v) is 2.19. The van der Waals surface area contributed by atoms with Crippen molar-refractivity contribution in [2.45, 2.75) is 45.7 Å². The van der Waals surface area contributed by atoms with Gasteiger partial charge in [-0.25, -0.2) is 0 Å². The first kappa shape index (κ1) is 15.3. The molecule has 0 saturated heterocycles. The number of ether oxygens (including phenoxy) is 1. The Bertz CT molecular complexity index is 403. The van der Waals surface area contributed by atoms with Gasteiger partial charge in [0.2, 0.25) is 0 Å². The lowest BCUT2D eigenvalue weighted by atomic mass is 9.95. The average Bonchev–Trinajstić information content (AvgIpc) is 2.39. The molecule has 0 aliphatic rings. The molecule has 0 aliphatic heterocycles. The van der Waals surface area contributed by atoms with Gasteiger partial charge >= 0.3 is 0 Å². The summed E-state index contributed by atoms with van der Waals surface area (Å²) in [6.45, 7) is 7.35. The summed E-state index contributed by atoms with van der Waals surface area (Å²) in [6, 6.07) is 3.77. The van der Waals surface area contributed by atoms with Crippen molar-refractivity contribution in [1.29, 1.82) is 0 Å². The van der Waals surface area contributed by atoms with E-state index in [1.807, 2.05) is 12.1 Å². The van der Waals surface area contributed by atoms with Crippen LogP contribution in [0.5, 0.6) is 11.5 Å². The molecule has 4 heteroatoms. The molecule has 102 valence electrons. The number of hydrogen-bond acceptors (Lipinski definition) is 3. The molecule has 3 nitrogen and oxygen atoms in total. The van der Waals surface area contributed by atoms with Gasteiger partial charge in [0.15, 0.2) is 11.5 Å². The van der Waals surface area contributed by atoms with Crippen LogP contribution in [-0.2, 0) is 6.54 Å². The van der Waals surface area contributed by atoms with Crippen molar-refractivity contribution in [3.05, 3.63) is 22.2 Å². The lowest BCUT2D eigenvalue weighted by Gasteiger charge is -2.28. The zero-order chi connectivity index (χ0) is 13.8. The molecule has 1 aromatic carbocycles. The predicted octanol–water partition coefficient (Wildman–Crippen LogP) is 3.83. The second-order valence-corrected chi connectivity index (χ2v) is 5.60. The predicted molar refractivity (Wildman–Crippen MR) is 78.2 cm³/mol. The molecular formula is C14H22BrNO2. The third-order valence-electron chi connectivity index (χ3n) is 3.59. The van der Waals surface area contributed by atoms with Crippen LogP contribution in [0, 0.1) is 0 Å². The van der Waals surface area contributed by atoms with Crippen LogP contribution in [0.4, 0.5) is 0 Å². The number of benzene rings is 1. The maximum absolute atomic E-state index is 9.75. The van der Waals surface area contributed by atoms with Crippen LogP contribution in [0.25, 0.3) is 0 Å². The third-order valence-corrected chi connectivity index (χ3v) is 4.19. The van der Waals surface area contributed by atoms with Gasteiger partial charge < -0.3 is 15.2 Å². The summed E-state index contributed by atoms with van der Waals surface area (Å²) in [5, 5.41) is 13.3. The van der Waals surface area contributed by atoms with Gasteiger partial charge in [-0.2, -0.15) is 0 Å². The van der Waals surface area contributed by atoms with Crippen LogP contribution in [-0.4, -0.2) is 17.8 Å². The summed E-state index contributed by atoms with van der Waals surface area (Å²) < 4.78 is 5.80. The van der Waals surface area contributed by atoms with Crippen molar-refractivity contribution in [1.82, 2.24) is 5.32 Å². The van der Waals surface area contributed by atoms with Crippen LogP contribution < -0.4 is 10.1 Å². The van der Waals surface area contributed by atoms with Crippen LogP contribution in [0.15, 0.2) is 16.6 Å². The molecule has 0 aliphatic carbocycles. The smallest absolute Gasteiger partial charge is 0.172 e. The summed E-state index contributed by atoms with van der Waals surface area (Å²) in [6.07, 6.45) is 2.17. The second kappa shape index (κ2) is 6.43. The fourth-order valence-electron chi connectivity index (χ4n) is 1.70. The third kappa shape index (κ3) is 3.62. The number of phenolic OH excluding ortho intramolecular Hbond substituents is 1. The van der Waals surface area contributed by atoms with Crippen molar-refractivity contribution in [3.8, 4) is 11.5 Å². The second-order valence-electron chi connectivity index (χ2n) is 4.75. The van der Waals surface area contributed by atoms with Gasteiger partial charge in [0.05, 0.1) is 11.6 Å². The summed E-state index contributed by atoms with van der Waals surface area (Å²) in [7, 11) is 1.56. The standard InChI is InChI=1S/C14H22BrNO2/c1-5-14(3,6-2)16-9-10-7-11(15)13(17)12(8-10)18-4/h7-8,16-17H,5-6,9H2,1-4H3. The normalized spacial score (nSPS) is 11.6. The minimum absolute atomic E-state index is 0.148. The number of methoxy groups -OCH3 is 1. The first-order valence-electron chi connectivity index (χ1n) is 6.26. The molecule has 0 heterocycles. The molecule has 0 fully saturated rings. The number of nitrogens with one attached hydrogen (secondary N) is 1. The lowest BCUT2D eigenvalue weighted by molar-refractivity contribution is 0.328. The van der Waals surface area contributed by atoms with Gasteiger partial charge in [-0.05, 0) is 53.4 Å². The van der Waals surface area contributed by atoms with Gasteiger partial charge in [-0.1, -0.05) is 13.8 Å². The van der Waals surface area contributed by atoms with E-state index >= 15 is 0 Å². The molecular weight excluding hydrogens is 294 g/mol. The van der Waals surface area contributed by atoms with Crippen LogP contribution >= 0.6 is 15.9 Å². The Balaban J connectivity index is 2.83. The highest BCUT2D eigenvalue weighted by Gasteiger charge is 2.18. The number of rotatable bonds is 6. The first-order valence-corrected chi connectivity index (χ1v) is 7.05. The Morgan fingerprint density at radius 3 is 2.44 bits per heavy atom. The van der Waals surface area contributed by atoms with Crippen LogP contribution in [0.3, 0.4) is 0 Å². The minimum Gasteiger partial charge on any atom is -0.503 e. The van der Waals surface area contributed by atoms with Crippen molar-refractivity contribution >= 4 is 15.9 Å². The Hall–Kier alpha value is -0.740. The summed E-state index contributed by atoms with van der Waals surface area (Å²) in [4.78, 5) is 0. The Morgan fingerprint density at radius 1 is 1.33 bits per heavy atom. The van der Waals surface area contributed by atoms with E-state index in [9.17, 15) is 5.11 Å². The summed E-state index contributed by atoms with van der Waals surface area (Å²) in [5.74, 6) is 0.644. The molecule has 1 aromatic rings. The van der Waals surface area contributed by atoms with E-state index in [0.717, 1.165) is 24.9 Å². The van der Waals surface area contributed by atoms with Gasteiger partial charge in [-0.3, -0.25) is 0 Å². The van der Waals surface area contributed by atoms with Crippen molar-refractivity contribution in [2.75, 3.05) is 7.11 Å². The molecule has 0 aromatic heterocycles. The fraction of sp³-hybridized carbons (Fsp3) is 0.571. The molecule has 0 atom stereocenters. The van der Waals surface area contributed by atoms with E-state index in [-0.39, 0.29) is 11.3 Å². The monoisotopic (exact) mass is 315 g/mol. The largest absolute Gasteiger partial charge is 0.503 e. The number of halogens is 1. The maximum atomic E-state index is 9.75. The Labute approximate surface area is 118 Å². The Kier molecular flexibility index (Phi) is 5.47. The molecule has 0 saturated carbocycles. The SMILES string of the molecule is CCC(C)(CC)NCc1cc(Br)c(O)c(OC)c1. The van der Waals surface area contributed by atoms with Gasteiger partial charge in [0.25, 0.3) is 0 Å². The number of aromatic hydroxyl groups is 1.